The van der Waals surface area contributed by atoms with Gasteiger partial charge in [0.2, 0.25) is 0 Å². The van der Waals surface area contributed by atoms with Crippen molar-refractivity contribution in [3.05, 3.63) is 99.3 Å². The predicted molar refractivity (Wildman–Crippen MR) is 155 cm³/mol. The monoisotopic (exact) mass is 515 g/mol. The summed E-state index contributed by atoms with van der Waals surface area (Å²) in [4.78, 5) is 18.2. The average Bonchev–Trinajstić information content (AvgIpc) is 2.91. The highest BCUT2D eigenvalue weighted by Crippen LogP contribution is 2.31. The van der Waals surface area contributed by atoms with Crippen LogP contribution in [0.1, 0.15) is 29.2 Å². The molecule has 0 aliphatic rings. The number of aryl methyl sites for hydroxylation is 2. The first kappa shape index (κ1) is 26.2. The van der Waals surface area contributed by atoms with E-state index in [0.717, 1.165) is 23.9 Å². The highest BCUT2D eigenvalue weighted by Gasteiger charge is 2.16. The molecule has 37 heavy (non-hydrogen) atoms. The smallest absolute Gasteiger partial charge is 0.253 e. The van der Waals surface area contributed by atoms with Crippen molar-refractivity contribution in [2.75, 3.05) is 26.1 Å². The normalized spacial score (nSPS) is 10.8. The third kappa shape index (κ3) is 6.12. The number of para-hydroxylation sites is 1. The number of H-pyrrole nitrogens is 1. The van der Waals surface area contributed by atoms with Crippen molar-refractivity contribution in [2.24, 2.45) is 0 Å². The van der Waals surface area contributed by atoms with E-state index in [1.54, 1.807) is 20.3 Å². The van der Waals surface area contributed by atoms with Crippen LogP contribution in [0.4, 0.5) is 5.69 Å². The van der Waals surface area contributed by atoms with E-state index in [9.17, 15) is 4.79 Å². The summed E-state index contributed by atoms with van der Waals surface area (Å²) in [5.74, 6) is 1.18. The molecular formula is C30H33N3O3S. The SMILES string of the molecule is CCc1ccccc1NC(=S)N(CCc1ccccc1C)Cc1cc2cc(OC)c(OC)cc2[nH]c1=O. The van der Waals surface area contributed by atoms with Gasteiger partial charge in [0.15, 0.2) is 16.6 Å². The Morgan fingerprint density at radius 3 is 2.32 bits per heavy atom. The van der Waals surface area contributed by atoms with Crippen molar-refractivity contribution < 1.29 is 9.47 Å². The molecule has 2 N–H and O–H groups in total. The molecule has 0 atom stereocenters. The van der Waals surface area contributed by atoms with Crippen molar-refractivity contribution in [1.82, 2.24) is 9.88 Å². The molecule has 0 spiro atoms. The van der Waals surface area contributed by atoms with E-state index in [0.29, 0.717) is 40.8 Å². The minimum Gasteiger partial charge on any atom is -0.493 e. The molecule has 1 aromatic heterocycles. The number of thiocarbonyl (C=S) groups is 1. The first-order valence-corrected chi connectivity index (χ1v) is 12.8. The maximum Gasteiger partial charge on any atom is 0.253 e. The summed E-state index contributed by atoms with van der Waals surface area (Å²) in [6.07, 6.45) is 1.70. The van der Waals surface area contributed by atoms with Crippen LogP contribution in [0.15, 0.2) is 71.5 Å². The molecule has 0 fully saturated rings. The second-order valence-electron chi connectivity index (χ2n) is 8.96. The lowest BCUT2D eigenvalue weighted by Gasteiger charge is -2.27. The number of fused-ring (bicyclic) bond motifs is 1. The quantitative estimate of drug-likeness (QED) is 0.272. The fourth-order valence-electron chi connectivity index (χ4n) is 4.44. The van der Waals surface area contributed by atoms with Crippen molar-refractivity contribution in [3.63, 3.8) is 0 Å². The number of pyridine rings is 1. The molecule has 0 aliphatic carbocycles. The zero-order valence-electron chi connectivity index (χ0n) is 21.8. The third-order valence-electron chi connectivity index (χ3n) is 6.63. The molecule has 0 saturated carbocycles. The van der Waals surface area contributed by atoms with Gasteiger partial charge in [-0.3, -0.25) is 4.79 Å². The van der Waals surface area contributed by atoms with Gasteiger partial charge in [-0.05, 0) is 66.9 Å². The van der Waals surface area contributed by atoms with E-state index < -0.39 is 0 Å². The molecule has 0 amide bonds. The number of hydrogen-bond acceptors (Lipinski definition) is 4. The zero-order chi connectivity index (χ0) is 26.4. The van der Waals surface area contributed by atoms with Crippen molar-refractivity contribution >= 4 is 33.9 Å². The summed E-state index contributed by atoms with van der Waals surface area (Å²) in [7, 11) is 3.18. The van der Waals surface area contributed by atoms with Crippen LogP contribution >= 0.6 is 12.2 Å². The molecule has 0 unspecified atom stereocenters. The number of aromatic nitrogens is 1. The molecule has 0 aliphatic heterocycles. The Bertz CT molecular complexity index is 1460. The number of methoxy groups -OCH3 is 2. The minimum absolute atomic E-state index is 0.155. The van der Waals surface area contributed by atoms with Gasteiger partial charge in [-0.15, -0.1) is 0 Å². The highest BCUT2D eigenvalue weighted by molar-refractivity contribution is 7.80. The summed E-state index contributed by atoms with van der Waals surface area (Å²) in [5.41, 5.74) is 5.83. The predicted octanol–water partition coefficient (Wildman–Crippen LogP) is 5.86. The van der Waals surface area contributed by atoms with Crippen molar-refractivity contribution in [1.29, 1.82) is 0 Å². The minimum atomic E-state index is -0.155. The number of rotatable bonds is 9. The van der Waals surface area contributed by atoms with E-state index >= 15 is 0 Å². The van der Waals surface area contributed by atoms with Gasteiger partial charge in [0.05, 0.1) is 26.3 Å². The number of aromatic amines is 1. The maximum atomic E-state index is 13.1. The van der Waals surface area contributed by atoms with Gasteiger partial charge >= 0.3 is 0 Å². The first-order valence-electron chi connectivity index (χ1n) is 12.4. The van der Waals surface area contributed by atoms with E-state index in [1.165, 1.54) is 16.7 Å². The summed E-state index contributed by atoms with van der Waals surface area (Å²) in [6.45, 7) is 5.26. The van der Waals surface area contributed by atoms with Crippen LogP contribution in [0.5, 0.6) is 11.5 Å². The first-order chi connectivity index (χ1) is 17.9. The molecule has 4 aromatic rings. The Morgan fingerprint density at radius 2 is 1.62 bits per heavy atom. The molecule has 7 heteroatoms. The molecule has 1 heterocycles. The Balaban J connectivity index is 1.66. The molecule has 6 nitrogen and oxygen atoms in total. The van der Waals surface area contributed by atoms with E-state index in [4.69, 9.17) is 21.7 Å². The molecule has 0 saturated heterocycles. The van der Waals surface area contributed by atoms with Crippen LogP contribution < -0.4 is 20.3 Å². The second-order valence-corrected chi connectivity index (χ2v) is 9.34. The van der Waals surface area contributed by atoms with Crippen LogP contribution in [-0.2, 0) is 19.4 Å². The lowest BCUT2D eigenvalue weighted by atomic mass is 10.1. The fourth-order valence-corrected chi connectivity index (χ4v) is 4.71. The van der Waals surface area contributed by atoms with Crippen LogP contribution in [0, 0.1) is 6.92 Å². The van der Waals surface area contributed by atoms with E-state index in [-0.39, 0.29) is 5.56 Å². The van der Waals surface area contributed by atoms with Gasteiger partial charge in [-0.25, -0.2) is 0 Å². The second kappa shape index (κ2) is 11.9. The number of benzene rings is 3. The molecule has 4 rings (SSSR count). The number of nitrogens with zero attached hydrogens (tertiary/aromatic N) is 1. The third-order valence-corrected chi connectivity index (χ3v) is 6.99. The van der Waals surface area contributed by atoms with Crippen molar-refractivity contribution in [3.8, 4) is 11.5 Å². The van der Waals surface area contributed by atoms with E-state index in [1.807, 2.05) is 36.4 Å². The number of ether oxygens (including phenoxy) is 2. The maximum absolute atomic E-state index is 13.1. The van der Waals surface area contributed by atoms with Crippen LogP contribution in [0.25, 0.3) is 10.9 Å². The molecule has 0 radical (unpaired) electrons. The Kier molecular flexibility index (Phi) is 8.46. The summed E-state index contributed by atoms with van der Waals surface area (Å²) in [6, 6.07) is 22.1. The van der Waals surface area contributed by atoms with Gasteiger partial charge < -0.3 is 24.7 Å². The van der Waals surface area contributed by atoms with Crippen molar-refractivity contribution in [2.45, 2.75) is 33.2 Å². The van der Waals surface area contributed by atoms with Gasteiger partial charge in [-0.1, -0.05) is 49.4 Å². The summed E-state index contributed by atoms with van der Waals surface area (Å²) < 4.78 is 10.9. The lowest BCUT2D eigenvalue weighted by Crippen LogP contribution is -2.37. The van der Waals surface area contributed by atoms with Gasteiger partial charge in [-0.2, -0.15) is 0 Å². The summed E-state index contributed by atoms with van der Waals surface area (Å²) in [5, 5.41) is 4.88. The molecule has 0 bridgehead atoms. The zero-order valence-corrected chi connectivity index (χ0v) is 22.6. The Labute approximate surface area is 223 Å². The average molecular weight is 516 g/mol. The van der Waals surface area contributed by atoms with E-state index in [2.05, 4.69) is 53.3 Å². The number of anilines is 1. The summed E-state index contributed by atoms with van der Waals surface area (Å²) >= 11 is 5.89. The fraction of sp³-hybridized carbons (Fsp3) is 0.267. The Morgan fingerprint density at radius 1 is 0.946 bits per heavy atom. The largest absolute Gasteiger partial charge is 0.493 e. The standard InChI is InChI=1S/C30H33N3O3S/c1-5-21-11-8-9-13-25(21)32-30(37)33(15-14-22-12-7-6-10-20(22)2)19-24-16-23-17-27(35-3)28(36-4)18-26(23)31-29(24)34/h6-13,16-18H,5,14-15,19H2,1-4H3,(H,31,34)(H,32,37). The number of hydrogen-bond donors (Lipinski definition) is 2. The highest BCUT2D eigenvalue weighted by atomic mass is 32.1. The van der Waals surface area contributed by atoms with Gasteiger partial charge in [0, 0.05) is 29.2 Å². The lowest BCUT2D eigenvalue weighted by molar-refractivity contribution is 0.355. The topological polar surface area (TPSA) is 66.6 Å². The van der Waals surface area contributed by atoms with Crippen LogP contribution in [0.2, 0.25) is 0 Å². The van der Waals surface area contributed by atoms with Gasteiger partial charge in [0.1, 0.15) is 0 Å². The molecule has 192 valence electrons. The Hall–Kier alpha value is -3.84. The number of nitrogens with one attached hydrogen (secondary N) is 2. The molecule has 3 aromatic carbocycles. The van der Waals surface area contributed by atoms with Gasteiger partial charge in [0.25, 0.3) is 5.56 Å². The van der Waals surface area contributed by atoms with Crippen LogP contribution in [0.3, 0.4) is 0 Å². The molecular weight excluding hydrogens is 482 g/mol. The van der Waals surface area contributed by atoms with Crippen LogP contribution in [-0.4, -0.2) is 35.8 Å².